The van der Waals surface area contributed by atoms with E-state index in [1.807, 2.05) is 55.5 Å². The standard InChI is InChI=1S/C19H20N6O2.C18H17ClN6O2/c1-13-8-22-18(11-21-13)25-12-15(9-23-25)19(26)24-16-4-2-14(3-5-16)17-10-20-6-7-27-17;19-16-17(22-6-5-21-16)25-11-13(9-23-25)18(26)24-14-3-1-12(2-4-14)15-10-20-7-8-27-15/h2-5,8-9,11-12,17,20H,6-7,10H2,1H3,(H,24,26);1-6,9,11,15,20H,7-8,10H2,(H,24,26)/t17-;15-/m11/s1. The Morgan fingerprint density at radius 1 is 0.704 bits per heavy atom. The quantitative estimate of drug-likeness (QED) is 0.175. The Balaban J connectivity index is 0.000000167. The second kappa shape index (κ2) is 17.3. The maximum Gasteiger partial charge on any atom is 0.258 e. The van der Waals surface area contributed by atoms with Crippen molar-refractivity contribution in [2.75, 3.05) is 50.0 Å². The molecule has 17 heteroatoms. The molecule has 2 fully saturated rings. The van der Waals surface area contributed by atoms with E-state index in [1.165, 1.54) is 34.2 Å². The van der Waals surface area contributed by atoms with Gasteiger partial charge in [0.1, 0.15) is 0 Å². The second-order valence-electron chi connectivity index (χ2n) is 12.3. The topological polar surface area (TPSA) is 188 Å². The van der Waals surface area contributed by atoms with Crippen LogP contribution in [0.2, 0.25) is 5.15 Å². The van der Waals surface area contributed by atoms with E-state index in [1.54, 1.807) is 24.8 Å². The minimum atomic E-state index is -0.274. The van der Waals surface area contributed by atoms with Crippen LogP contribution in [-0.4, -0.2) is 90.7 Å². The number of anilines is 2. The molecule has 6 aromatic rings. The summed E-state index contributed by atoms with van der Waals surface area (Å²) < 4.78 is 14.4. The highest BCUT2D eigenvalue weighted by atomic mass is 35.5. The highest BCUT2D eigenvalue weighted by Crippen LogP contribution is 2.23. The maximum absolute atomic E-state index is 12.5. The van der Waals surface area contributed by atoms with Gasteiger partial charge in [-0.25, -0.2) is 24.3 Å². The molecule has 0 aliphatic carbocycles. The Morgan fingerprint density at radius 2 is 1.24 bits per heavy atom. The number of hydrogen-bond acceptors (Lipinski definition) is 12. The zero-order valence-electron chi connectivity index (χ0n) is 29.2. The average Bonchev–Trinajstić information content (AvgIpc) is 3.92. The van der Waals surface area contributed by atoms with E-state index in [0.717, 1.165) is 48.7 Å². The number of morpholine rings is 2. The number of amides is 2. The first-order chi connectivity index (χ1) is 26.4. The summed E-state index contributed by atoms with van der Waals surface area (Å²) in [7, 11) is 0. The number of carbonyl (C=O) groups is 2. The van der Waals surface area contributed by atoms with Crippen LogP contribution in [0.15, 0.2) is 98.1 Å². The van der Waals surface area contributed by atoms with Gasteiger partial charge >= 0.3 is 0 Å². The van der Waals surface area contributed by atoms with Gasteiger partial charge in [0, 0.05) is 62.3 Å². The number of carbonyl (C=O) groups excluding carboxylic acids is 2. The molecule has 54 heavy (non-hydrogen) atoms. The van der Waals surface area contributed by atoms with Crippen molar-refractivity contribution in [3.05, 3.63) is 131 Å². The molecule has 6 heterocycles. The highest BCUT2D eigenvalue weighted by molar-refractivity contribution is 6.30. The lowest BCUT2D eigenvalue weighted by Crippen LogP contribution is -2.33. The van der Waals surface area contributed by atoms with E-state index in [-0.39, 0.29) is 29.2 Å². The third kappa shape index (κ3) is 9.17. The minimum Gasteiger partial charge on any atom is -0.371 e. The predicted molar refractivity (Wildman–Crippen MR) is 200 cm³/mol. The lowest BCUT2D eigenvalue weighted by atomic mass is 10.1. The molecule has 2 aliphatic rings. The first-order valence-corrected chi connectivity index (χ1v) is 17.6. The number of halogens is 1. The van der Waals surface area contributed by atoms with Crippen LogP contribution in [0.4, 0.5) is 11.4 Å². The molecule has 276 valence electrons. The van der Waals surface area contributed by atoms with Crippen LogP contribution >= 0.6 is 11.6 Å². The van der Waals surface area contributed by atoms with E-state index >= 15 is 0 Å². The summed E-state index contributed by atoms with van der Waals surface area (Å²) in [5, 5.41) is 20.9. The van der Waals surface area contributed by atoms with E-state index in [4.69, 9.17) is 21.1 Å². The van der Waals surface area contributed by atoms with Crippen LogP contribution in [0, 0.1) is 6.92 Å². The molecular formula is C37H37ClN12O4. The Morgan fingerprint density at radius 3 is 1.74 bits per heavy atom. The summed E-state index contributed by atoms with van der Waals surface area (Å²) >= 11 is 6.01. The average molecular weight is 749 g/mol. The monoisotopic (exact) mass is 748 g/mol. The summed E-state index contributed by atoms with van der Waals surface area (Å²) in [6.07, 6.45) is 12.5. The lowest BCUT2D eigenvalue weighted by molar-refractivity contribution is 0.0276. The summed E-state index contributed by atoms with van der Waals surface area (Å²) in [4.78, 5) is 41.4. The number of hydrogen-bond donors (Lipinski definition) is 4. The van der Waals surface area contributed by atoms with Gasteiger partial charge < -0.3 is 30.7 Å². The molecule has 4 aromatic heterocycles. The Bertz CT molecular complexity index is 2160. The van der Waals surface area contributed by atoms with Crippen LogP contribution in [-0.2, 0) is 9.47 Å². The van der Waals surface area contributed by atoms with Gasteiger partial charge in [0.15, 0.2) is 16.8 Å². The molecule has 2 aromatic carbocycles. The third-order valence-corrected chi connectivity index (χ3v) is 8.75. The molecule has 16 nitrogen and oxygen atoms in total. The number of benzene rings is 2. The van der Waals surface area contributed by atoms with Crippen molar-refractivity contribution in [1.29, 1.82) is 0 Å². The van der Waals surface area contributed by atoms with E-state index in [0.29, 0.717) is 41.7 Å². The molecule has 0 spiro atoms. The molecule has 2 atom stereocenters. The predicted octanol–water partition coefficient (Wildman–Crippen LogP) is 4.11. The molecule has 4 N–H and O–H groups in total. The SMILES string of the molecule is Cc1cnc(-n2cc(C(=O)Nc3ccc([C@H]4CNCCO4)cc3)cn2)cn1.O=C(Nc1ccc([C@H]2CNCCO2)cc1)c1cnn(-c2nccnc2Cl)c1. The number of nitrogens with one attached hydrogen (secondary N) is 4. The summed E-state index contributed by atoms with van der Waals surface area (Å²) in [5.41, 5.74) is 5.23. The molecule has 0 saturated carbocycles. The van der Waals surface area contributed by atoms with Gasteiger partial charge in [-0.1, -0.05) is 35.9 Å². The number of rotatable bonds is 8. The first kappa shape index (κ1) is 36.4. The van der Waals surface area contributed by atoms with Crippen LogP contribution < -0.4 is 21.3 Å². The number of ether oxygens (including phenoxy) is 2. The largest absolute Gasteiger partial charge is 0.371 e. The normalized spacial score (nSPS) is 16.9. The number of aryl methyl sites for hydroxylation is 1. The lowest BCUT2D eigenvalue weighted by Gasteiger charge is -2.24. The van der Waals surface area contributed by atoms with Gasteiger partial charge in [-0.15, -0.1) is 0 Å². The molecule has 0 bridgehead atoms. The summed E-state index contributed by atoms with van der Waals surface area (Å²) in [5.74, 6) is 0.419. The van der Waals surface area contributed by atoms with Crippen molar-refractivity contribution in [2.45, 2.75) is 19.1 Å². The van der Waals surface area contributed by atoms with Gasteiger partial charge in [-0.3, -0.25) is 14.6 Å². The second-order valence-corrected chi connectivity index (χ2v) is 12.7. The number of aromatic nitrogens is 8. The van der Waals surface area contributed by atoms with E-state index < -0.39 is 0 Å². The van der Waals surface area contributed by atoms with E-state index in [9.17, 15) is 9.59 Å². The van der Waals surface area contributed by atoms with Crippen molar-refractivity contribution in [3.8, 4) is 11.6 Å². The maximum atomic E-state index is 12.5. The Labute approximate surface area is 315 Å². The molecule has 2 saturated heterocycles. The van der Waals surface area contributed by atoms with Crippen molar-refractivity contribution < 1.29 is 19.1 Å². The fourth-order valence-corrected chi connectivity index (χ4v) is 5.81. The summed E-state index contributed by atoms with van der Waals surface area (Å²) in [6, 6.07) is 15.3. The first-order valence-electron chi connectivity index (χ1n) is 17.2. The Kier molecular flexibility index (Phi) is 11.7. The van der Waals surface area contributed by atoms with Crippen molar-refractivity contribution in [3.63, 3.8) is 0 Å². The van der Waals surface area contributed by atoms with Gasteiger partial charge in [0.25, 0.3) is 11.8 Å². The van der Waals surface area contributed by atoms with Gasteiger partial charge in [0.05, 0.1) is 67.0 Å². The van der Waals surface area contributed by atoms with Gasteiger partial charge in [0.2, 0.25) is 0 Å². The molecule has 0 radical (unpaired) electrons. The van der Waals surface area contributed by atoms with E-state index in [2.05, 4.69) is 51.4 Å². The van der Waals surface area contributed by atoms with Gasteiger partial charge in [-0.2, -0.15) is 10.2 Å². The zero-order chi connectivity index (χ0) is 37.3. The molecular weight excluding hydrogens is 712 g/mol. The van der Waals surface area contributed by atoms with Crippen LogP contribution in [0.3, 0.4) is 0 Å². The fourth-order valence-electron chi connectivity index (χ4n) is 5.62. The van der Waals surface area contributed by atoms with Crippen molar-refractivity contribution >= 4 is 34.8 Å². The molecule has 0 unspecified atom stereocenters. The number of nitrogens with zero attached hydrogens (tertiary/aromatic N) is 8. The molecule has 8 rings (SSSR count). The van der Waals surface area contributed by atoms with Crippen LogP contribution in [0.5, 0.6) is 0 Å². The van der Waals surface area contributed by atoms with Crippen molar-refractivity contribution in [2.24, 2.45) is 0 Å². The van der Waals surface area contributed by atoms with Crippen molar-refractivity contribution in [1.82, 2.24) is 50.1 Å². The zero-order valence-corrected chi connectivity index (χ0v) is 30.0. The summed E-state index contributed by atoms with van der Waals surface area (Å²) in [6.45, 7) is 6.61. The minimum absolute atomic E-state index is 0.0402. The molecule has 2 amide bonds. The highest BCUT2D eigenvalue weighted by Gasteiger charge is 2.18. The van der Waals surface area contributed by atoms with Crippen LogP contribution in [0.1, 0.15) is 49.7 Å². The van der Waals surface area contributed by atoms with Gasteiger partial charge in [-0.05, 0) is 42.3 Å². The van der Waals surface area contributed by atoms with Crippen LogP contribution in [0.25, 0.3) is 11.6 Å². The third-order valence-electron chi connectivity index (χ3n) is 8.48. The fraction of sp³-hybridized carbons (Fsp3) is 0.243. The Hall–Kier alpha value is -5.91. The molecule has 2 aliphatic heterocycles. The smallest absolute Gasteiger partial charge is 0.258 e.